The number of hydrogen-bond donors (Lipinski definition) is 3. The first kappa shape index (κ1) is 24.5. The lowest BCUT2D eigenvalue weighted by Gasteiger charge is -2.13. The third-order valence-corrected chi connectivity index (χ3v) is 6.03. The van der Waals surface area contributed by atoms with Gasteiger partial charge in [0.1, 0.15) is 11.5 Å². The number of aromatic nitrogens is 2. The van der Waals surface area contributed by atoms with Crippen molar-refractivity contribution in [1.29, 1.82) is 0 Å². The average Bonchev–Trinajstić information content (AvgIpc) is 3.38. The summed E-state index contributed by atoms with van der Waals surface area (Å²) >= 11 is 0. The number of carbonyl (C=O) groups excluding carboxylic acids is 2. The van der Waals surface area contributed by atoms with Crippen LogP contribution in [0.3, 0.4) is 0 Å². The second kappa shape index (κ2) is 10.8. The van der Waals surface area contributed by atoms with Crippen LogP contribution in [0.15, 0.2) is 109 Å². The number of nitrogens with zero attached hydrogens (tertiary/aromatic N) is 2. The third kappa shape index (κ3) is 5.63. The Labute approximate surface area is 220 Å². The Hall–Kier alpha value is -5.17. The number of H-pyrrole nitrogens is 1. The summed E-state index contributed by atoms with van der Waals surface area (Å²) < 4.78 is 0. The van der Waals surface area contributed by atoms with Gasteiger partial charge < -0.3 is 20.5 Å². The largest absolute Gasteiger partial charge is 0.378 e. The molecular weight excluding hydrogens is 474 g/mol. The Morgan fingerprint density at radius 1 is 0.842 bits per heavy atom. The molecule has 4 aromatic carbocycles. The SMILES string of the molecule is CN(C)c1ccc(/C=C(\NC(=O)c2ccccc2)C(=O)Nc2cccc(-c3nc4ccccc4[nH]3)c2)cc1. The van der Waals surface area contributed by atoms with Gasteiger partial charge in [-0.2, -0.15) is 0 Å². The molecule has 0 radical (unpaired) electrons. The highest BCUT2D eigenvalue weighted by atomic mass is 16.2. The molecular formula is C31H27N5O2. The number of anilines is 2. The van der Waals surface area contributed by atoms with Crippen molar-refractivity contribution in [2.75, 3.05) is 24.3 Å². The smallest absolute Gasteiger partial charge is 0.272 e. The highest BCUT2D eigenvalue weighted by Crippen LogP contribution is 2.23. The minimum Gasteiger partial charge on any atom is -0.378 e. The van der Waals surface area contributed by atoms with E-state index in [4.69, 9.17) is 0 Å². The predicted octanol–water partition coefficient (Wildman–Crippen LogP) is 5.71. The van der Waals surface area contributed by atoms with Gasteiger partial charge in [0, 0.05) is 36.6 Å². The summed E-state index contributed by atoms with van der Waals surface area (Å²) in [7, 11) is 3.92. The number of nitrogens with one attached hydrogen (secondary N) is 3. The first-order valence-corrected chi connectivity index (χ1v) is 12.2. The molecule has 0 bridgehead atoms. The Balaban J connectivity index is 1.42. The summed E-state index contributed by atoms with van der Waals surface area (Å²) in [6.45, 7) is 0. The Bertz CT molecular complexity index is 1590. The van der Waals surface area contributed by atoms with Crippen LogP contribution >= 0.6 is 0 Å². The number of benzene rings is 4. The summed E-state index contributed by atoms with van der Waals surface area (Å²) in [5, 5.41) is 5.71. The van der Waals surface area contributed by atoms with E-state index in [0.717, 1.165) is 27.8 Å². The molecule has 38 heavy (non-hydrogen) atoms. The fourth-order valence-electron chi connectivity index (χ4n) is 4.01. The van der Waals surface area contributed by atoms with Crippen molar-refractivity contribution >= 4 is 40.3 Å². The number of hydrogen-bond acceptors (Lipinski definition) is 4. The maximum atomic E-state index is 13.4. The molecule has 0 saturated heterocycles. The number of carbonyl (C=O) groups is 2. The van der Waals surface area contributed by atoms with Gasteiger partial charge in [0.25, 0.3) is 11.8 Å². The second-order valence-corrected chi connectivity index (χ2v) is 9.00. The van der Waals surface area contributed by atoms with Gasteiger partial charge >= 0.3 is 0 Å². The highest BCUT2D eigenvalue weighted by Gasteiger charge is 2.16. The number of imidazole rings is 1. The molecule has 7 heteroatoms. The molecule has 0 unspecified atom stereocenters. The summed E-state index contributed by atoms with van der Waals surface area (Å²) in [5.41, 5.74) is 5.62. The van der Waals surface area contributed by atoms with Crippen molar-refractivity contribution in [1.82, 2.24) is 15.3 Å². The Kier molecular flexibility index (Phi) is 6.99. The lowest BCUT2D eigenvalue weighted by atomic mass is 10.1. The quantitative estimate of drug-likeness (QED) is 0.249. The van der Waals surface area contributed by atoms with Gasteiger partial charge in [0.15, 0.2) is 0 Å². The Morgan fingerprint density at radius 2 is 1.58 bits per heavy atom. The number of fused-ring (bicyclic) bond motifs is 1. The molecule has 0 aliphatic carbocycles. The maximum absolute atomic E-state index is 13.4. The van der Waals surface area contributed by atoms with Crippen molar-refractivity contribution in [3.05, 3.63) is 120 Å². The molecule has 188 valence electrons. The minimum atomic E-state index is -0.437. The second-order valence-electron chi connectivity index (χ2n) is 9.00. The monoisotopic (exact) mass is 501 g/mol. The fourth-order valence-corrected chi connectivity index (χ4v) is 4.01. The zero-order valence-electron chi connectivity index (χ0n) is 21.1. The topological polar surface area (TPSA) is 90.1 Å². The summed E-state index contributed by atoms with van der Waals surface area (Å²) in [6.07, 6.45) is 1.67. The molecule has 7 nitrogen and oxygen atoms in total. The highest BCUT2D eigenvalue weighted by molar-refractivity contribution is 6.10. The maximum Gasteiger partial charge on any atom is 0.272 e. The van der Waals surface area contributed by atoms with Crippen LogP contribution in [0.1, 0.15) is 15.9 Å². The third-order valence-electron chi connectivity index (χ3n) is 6.03. The molecule has 1 aromatic heterocycles. The van der Waals surface area contributed by atoms with E-state index in [9.17, 15) is 9.59 Å². The van der Waals surface area contributed by atoms with Crippen molar-refractivity contribution in [2.45, 2.75) is 0 Å². The first-order chi connectivity index (χ1) is 18.5. The molecule has 3 N–H and O–H groups in total. The van der Waals surface area contributed by atoms with Gasteiger partial charge in [-0.15, -0.1) is 0 Å². The molecule has 2 amide bonds. The predicted molar refractivity (Wildman–Crippen MR) is 153 cm³/mol. The van der Waals surface area contributed by atoms with E-state index in [1.54, 1.807) is 36.4 Å². The molecule has 0 fully saturated rings. The molecule has 1 heterocycles. The molecule has 5 aromatic rings. The summed E-state index contributed by atoms with van der Waals surface area (Å²) in [4.78, 5) is 36.3. The van der Waals surface area contributed by atoms with Crippen molar-refractivity contribution in [2.24, 2.45) is 0 Å². The number of amides is 2. The van der Waals surface area contributed by atoms with E-state index in [1.807, 2.05) is 91.8 Å². The zero-order valence-corrected chi connectivity index (χ0v) is 21.1. The van der Waals surface area contributed by atoms with Crippen LogP contribution in [-0.2, 0) is 4.79 Å². The van der Waals surface area contributed by atoms with Gasteiger partial charge in [-0.25, -0.2) is 4.98 Å². The van der Waals surface area contributed by atoms with Gasteiger partial charge in [0.05, 0.1) is 11.0 Å². The fraction of sp³-hybridized carbons (Fsp3) is 0.0645. The van der Waals surface area contributed by atoms with Crippen LogP contribution in [0, 0.1) is 0 Å². The van der Waals surface area contributed by atoms with Crippen molar-refractivity contribution in [3.63, 3.8) is 0 Å². The number of aromatic amines is 1. The average molecular weight is 502 g/mol. The van der Waals surface area contributed by atoms with Gasteiger partial charge in [-0.05, 0) is 60.2 Å². The van der Waals surface area contributed by atoms with Gasteiger partial charge in [-0.3, -0.25) is 9.59 Å². The molecule has 0 atom stereocenters. The van der Waals surface area contributed by atoms with E-state index in [2.05, 4.69) is 20.6 Å². The summed E-state index contributed by atoms with van der Waals surface area (Å²) in [5.74, 6) is -0.0999. The zero-order chi connectivity index (χ0) is 26.5. The van der Waals surface area contributed by atoms with Gasteiger partial charge in [0.2, 0.25) is 0 Å². The number of rotatable bonds is 7. The standard InChI is InChI=1S/C31H27N5O2/c1-36(2)25-17-15-21(16-18-25)19-28(35-30(37)22-9-4-3-5-10-22)31(38)32-24-12-8-11-23(20-24)29-33-26-13-6-7-14-27(26)34-29/h3-20H,1-2H3,(H,32,38)(H,33,34)(H,35,37)/b28-19-. The van der Waals surface area contributed by atoms with Crippen LogP contribution in [0.2, 0.25) is 0 Å². The van der Waals surface area contributed by atoms with Crippen LogP contribution in [0.4, 0.5) is 11.4 Å². The minimum absolute atomic E-state index is 0.130. The van der Waals surface area contributed by atoms with E-state index in [0.29, 0.717) is 17.1 Å². The van der Waals surface area contributed by atoms with Crippen LogP contribution in [0.25, 0.3) is 28.5 Å². The van der Waals surface area contributed by atoms with Crippen LogP contribution in [-0.4, -0.2) is 35.9 Å². The van der Waals surface area contributed by atoms with E-state index >= 15 is 0 Å². The lowest BCUT2D eigenvalue weighted by Crippen LogP contribution is -2.30. The van der Waals surface area contributed by atoms with E-state index < -0.39 is 5.91 Å². The van der Waals surface area contributed by atoms with Gasteiger partial charge in [-0.1, -0.05) is 54.6 Å². The molecule has 0 aliphatic heterocycles. The van der Waals surface area contributed by atoms with Crippen molar-refractivity contribution in [3.8, 4) is 11.4 Å². The van der Waals surface area contributed by atoms with E-state index in [1.165, 1.54) is 0 Å². The van der Waals surface area contributed by atoms with E-state index in [-0.39, 0.29) is 11.6 Å². The number of para-hydroxylation sites is 2. The Morgan fingerprint density at radius 3 is 2.32 bits per heavy atom. The van der Waals surface area contributed by atoms with Crippen LogP contribution < -0.4 is 15.5 Å². The lowest BCUT2D eigenvalue weighted by molar-refractivity contribution is -0.113. The normalized spacial score (nSPS) is 11.3. The first-order valence-electron chi connectivity index (χ1n) is 12.2. The molecule has 0 spiro atoms. The molecule has 0 aliphatic rings. The summed E-state index contributed by atoms with van der Waals surface area (Å²) in [6, 6.07) is 31.7. The van der Waals surface area contributed by atoms with Crippen molar-refractivity contribution < 1.29 is 9.59 Å². The molecule has 5 rings (SSSR count). The van der Waals surface area contributed by atoms with Crippen LogP contribution in [0.5, 0.6) is 0 Å². The molecule has 0 saturated carbocycles.